The summed E-state index contributed by atoms with van der Waals surface area (Å²) in [5, 5.41) is 13.8. The Labute approximate surface area is 280 Å². The summed E-state index contributed by atoms with van der Waals surface area (Å²) in [6.45, 7) is 32.2. The number of thioether (sulfide) groups is 1. The molecule has 3 amide bonds. The van der Waals surface area contributed by atoms with Gasteiger partial charge in [-0.3, -0.25) is 14.4 Å². The zero-order valence-electron chi connectivity index (χ0n) is 29.9. The van der Waals surface area contributed by atoms with Gasteiger partial charge < -0.3 is 21.3 Å². The average molecular weight is 645 g/mol. The molecule has 0 saturated carbocycles. The topological polar surface area (TPSA) is 99.3 Å². The number of piperidine rings is 1. The fraction of sp³-hybridized carbons (Fsp3) is 0.541. The van der Waals surface area contributed by atoms with E-state index in [0.29, 0.717) is 12.8 Å². The Hall–Kier alpha value is -3.10. The van der Waals surface area contributed by atoms with Crippen molar-refractivity contribution in [3.8, 4) is 0 Å². The van der Waals surface area contributed by atoms with Crippen LogP contribution < -0.4 is 21.3 Å². The molecule has 8 heteroatoms. The van der Waals surface area contributed by atoms with E-state index in [1.165, 1.54) is 18.1 Å². The first-order valence-corrected chi connectivity index (χ1v) is 17.2. The van der Waals surface area contributed by atoms with Gasteiger partial charge >= 0.3 is 0 Å². The van der Waals surface area contributed by atoms with Gasteiger partial charge in [0.1, 0.15) is 6.04 Å². The SMILES string of the molecule is C=CC(=C\C=C/C)/C(C)=C\C.C=CC/C(=C\SC(C)C=C)C[C@@H](NC(=O)C1CCNCC1)C(=O)N[C@H](C)NC(C)=O.CC.CC. The Morgan fingerprint density at radius 2 is 1.56 bits per heavy atom. The van der Waals surface area contributed by atoms with Crippen LogP contribution in [0, 0.1) is 5.92 Å². The van der Waals surface area contributed by atoms with E-state index >= 15 is 0 Å². The molecule has 0 radical (unpaired) electrons. The van der Waals surface area contributed by atoms with E-state index in [9.17, 15) is 14.4 Å². The molecule has 4 N–H and O–H groups in total. The normalized spacial score (nSPS) is 15.6. The quantitative estimate of drug-likeness (QED) is 0.0825. The molecular weight excluding hydrogens is 580 g/mol. The molecule has 1 saturated heterocycles. The molecule has 1 aliphatic heterocycles. The molecule has 256 valence electrons. The number of allylic oxidation sites excluding steroid dienone is 8. The lowest BCUT2D eigenvalue weighted by atomic mass is 9.96. The molecule has 1 unspecified atom stereocenters. The first-order valence-electron chi connectivity index (χ1n) is 16.3. The smallest absolute Gasteiger partial charge is 0.244 e. The Kier molecular flexibility index (Phi) is 31.8. The minimum atomic E-state index is -0.727. The average Bonchev–Trinajstić information content (AvgIpc) is 3.05. The Balaban J connectivity index is -0.000000983. The summed E-state index contributed by atoms with van der Waals surface area (Å²) in [6.07, 6.45) is 15.6. The Morgan fingerprint density at radius 3 is 2.02 bits per heavy atom. The summed E-state index contributed by atoms with van der Waals surface area (Å²) in [6, 6.07) is -0.727. The molecule has 45 heavy (non-hydrogen) atoms. The van der Waals surface area contributed by atoms with Crippen molar-refractivity contribution in [2.75, 3.05) is 13.1 Å². The third-order valence-electron chi connectivity index (χ3n) is 6.35. The van der Waals surface area contributed by atoms with Gasteiger partial charge in [0.2, 0.25) is 17.7 Å². The van der Waals surface area contributed by atoms with Gasteiger partial charge in [0.25, 0.3) is 0 Å². The molecule has 1 heterocycles. The van der Waals surface area contributed by atoms with Gasteiger partial charge in [0.15, 0.2) is 0 Å². The number of amides is 3. The van der Waals surface area contributed by atoms with Crippen molar-refractivity contribution in [2.24, 2.45) is 5.92 Å². The van der Waals surface area contributed by atoms with Crippen LogP contribution in [0.4, 0.5) is 0 Å². The van der Waals surface area contributed by atoms with Gasteiger partial charge in [-0.25, -0.2) is 0 Å². The van der Waals surface area contributed by atoms with Crippen molar-refractivity contribution >= 4 is 29.5 Å². The number of rotatable bonds is 15. The Morgan fingerprint density at radius 1 is 0.956 bits per heavy atom. The summed E-state index contributed by atoms with van der Waals surface area (Å²) in [5.74, 6) is -0.763. The molecule has 0 aromatic heterocycles. The van der Waals surface area contributed by atoms with Gasteiger partial charge in [0.05, 0.1) is 6.17 Å². The van der Waals surface area contributed by atoms with E-state index in [2.05, 4.69) is 60.1 Å². The van der Waals surface area contributed by atoms with Gasteiger partial charge in [-0.2, -0.15) is 0 Å². The van der Waals surface area contributed by atoms with E-state index in [0.717, 1.165) is 31.5 Å². The second kappa shape index (κ2) is 30.9. The maximum absolute atomic E-state index is 12.9. The number of carbonyl (C=O) groups is 3. The third kappa shape index (κ3) is 23.9. The third-order valence-corrected chi connectivity index (χ3v) is 7.44. The highest BCUT2D eigenvalue weighted by molar-refractivity contribution is 8.02. The molecule has 1 rings (SSSR count). The number of hydrogen-bond donors (Lipinski definition) is 4. The van der Waals surface area contributed by atoms with Crippen LogP contribution in [0.2, 0.25) is 0 Å². The van der Waals surface area contributed by atoms with E-state index in [1.807, 2.05) is 78.2 Å². The van der Waals surface area contributed by atoms with Crippen LogP contribution >= 0.6 is 11.8 Å². The predicted octanol–water partition coefficient (Wildman–Crippen LogP) is 7.92. The predicted molar refractivity (Wildman–Crippen MR) is 199 cm³/mol. The highest BCUT2D eigenvalue weighted by atomic mass is 32.2. The monoisotopic (exact) mass is 644 g/mol. The van der Waals surface area contributed by atoms with Crippen molar-refractivity contribution in [1.82, 2.24) is 21.3 Å². The molecule has 0 bridgehead atoms. The molecular formula is C37H64N4O3S. The van der Waals surface area contributed by atoms with E-state index in [-0.39, 0.29) is 28.9 Å². The zero-order chi connectivity index (χ0) is 35.2. The van der Waals surface area contributed by atoms with Crippen molar-refractivity contribution in [2.45, 2.75) is 112 Å². The van der Waals surface area contributed by atoms with Gasteiger partial charge in [-0.05, 0) is 89.9 Å². The fourth-order valence-electron chi connectivity index (χ4n) is 3.85. The summed E-state index contributed by atoms with van der Waals surface area (Å²) < 4.78 is 0. The summed E-state index contributed by atoms with van der Waals surface area (Å²) in [4.78, 5) is 37.0. The zero-order valence-corrected chi connectivity index (χ0v) is 30.7. The number of hydrogen-bond acceptors (Lipinski definition) is 5. The molecule has 0 aromatic carbocycles. The first kappa shape index (κ1) is 46.3. The van der Waals surface area contributed by atoms with Crippen LogP contribution in [0.5, 0.6) is 0 Å². The molecule has 0 aromatic rings. The van der Waals surface area contributed by atoms with Gasteiger partial charge in [-0.1, -0.05) is 82.4 Å². The van der Waals surface area contributed by atoms with Crippen LogP contribution in [-0.2, 0) is 14.4 Å². The fourth-order valence-corrected chi connectivity index (χ4v) is 4.56. The summed E-state index contributed by atoms with van der Waals surface area (Å²) >= 11 is 1.61. The lowest BCUT2D eigenvalue weighted by Gasteiger charge is -2.26. The van der Waals surface area contributed by atoms with Crippen LogP contribution in [0.15, 0.2) is 84.4 Å². The highest BCUT2D eigenvalue weighted by Crippen LogP contribution is 2.21. The molecule has 0 aliphatic carbocycles. The number of carbonyl (C=O) groups excluding carboxylic acids is 3. The lowest BCUT2D eigenvalue weighted by molar-refractivity contribution is -0.132. The van der Waals surface area contributed by atoms with Crippen molar-refractivity contribution < 1.29 is 14.4 Å². The lowest BCUT2D eigenvalue weighted by Crippen LogP contribution is -2.54. The largest absolute Gasteiger partial charge is 0.344 e. The van der Waals surface area contributed by atoms with Crippen molar-refractivity contribution in [3.05, 3.63) is 84.4 Å². The molecule has 7 nitrogen and oxygen atoms in total. The van der Waals surface area contributed by atoms with Crippen LogP contribution in [0.1, 0.15) is 94.9 Å². The second-order valence-electron chi connectivity index (χ2n) is 9.89. The first-order chi connectivity index (χ1) is 21.5. The van der Waals surface area contributed by atoms with Crippen molar-refractivity contribution in [1.29, 1.82) is 0 Å². The van der Waals surface area contributed by atoms with Gasteiger partial charge in [0, 0.05) is 18.1 Å². The van der Waals surface area contributed by atoms with E-state index in [1.54, 1.807) is 24.8 Å². The van der Waals surface area contributed by atoms with Crippen LogP contribution in [0.3, 0.4) is 0 Å². The minimum Gasteiger partial charge on any atom is -0.344 e. The summed E-state index contributed by atoms with van der Waals surface area (Å²) in [7, 11) is 0. The minimum absolute atomic E-state index is 0.101. The number of nitrogens with one attached hydrogen (secondary N) is 4. The molecule has 0 spiro atoms. The Bertz CT molecular complexity index is 992. The molecule has 1 fully saturated rings. The highest BCUT2D eigenvalue weighted by Gasteiger charge is 2.28. The molecule has 1 aliphatic rings. The van der Waals surface area contributed by atoms with Crippen molar-refractivity contribution in [3.63, 3.8) is 0 Å². The second-order valence-corrected chi connectivity index (χ2v) is 11.1. The van der Waals surface area contributed by atoms with E-state index in [4.69, 9.17) is 0 Å². The van der Waals surface area contributed by atoms with Crippen LogP contribution in [0.25, 0.3) is 0 Å². The van der Waals surface area contributed by atoms with E-state index < -0.39 is 12.2 Å². The maximum atomic E-state index is 12.9. The van der Waals surface area contributed by atoms with Gasteiger partial charge in [-0.15, -0.1) is 24.9 Å². The summed E-state index contributed by atoms with van der Waals surface area (Å²) in [5.41, 5.74) is 3.45. The van der Waals surface area contributed by atoms with Crippen LogP contribution in [-0.4, -0.2) is 48.3 Å². The molecule has 3 atom stereocenters. The maximum Gasteiger partial charge on any atom is 0.244 e. The standard InChI is InChI=1S/C22H36N4O3S.C11H16.2C2H6/c1-6-8-18(14-30-15(3)7-2)13-20(22(29)25-16(4)24-17(5)27)26-21(28)19-9-11-23-12-10-19;1-5-8-9-11(7-3)10(4)6-2;2*1-2/h6-7,14-16,19-20,23H,1-2,8-13H2,3-5H3,(H,24,27)(H,25,29)(H,26,28);5-9H,3H2,1-2,4H3;2*1-2H3/b18-14+;8-5-,10-6-,11-9+;;/t15?,16-,20-;;;/m1.../s1.